The molecular weight excluding hydrogens is 585 g/mol. The van der Waals surface area contributed by atoms with E-state index in [4.69, 9.17) is 9.73 Å². The van der Waals surface area contributed by atoms with E-state index >= 15 is 0 Å². The number of nitrogens with one attached hydrogen (secondary N) is 2. The van der Waals surface area contributed by atoms with Gasteiger partial charge < -0.3 is 20.5 Å². The minimum absolute atomic E-state index is 0.0692. The zero-order valence-corrected chi connectivity index (χ0v) is 25.0. The molecule has 2 fully saturated rings. The number of aliphatic imine (C=N–C) groups is 1. The molecule has 2 atom stereocenters. The molecule has 1 amide bonds. The minimum atomic E-state index is -2.99. The lowest BCUT2D eigenvalue weighted by Crippen LogP contribution is -2.67. The number of alkyl halides is 2. The van der Waals surface area contributed by atoms with Crippen LogP contribution in [0.4, 0.5) is 13.2 Å². The summed E-state index contributed by atoms with van der Waals surface area (Å²) in [5, 5.41) is 18.5. The van der Waals surface area contributed by atoms with Crippen LogP contribution in [0, 0.1) is 12.7 Å². The number of thiazole rings is 1. The Kier molecular flexibility index (Phi) is 8.93. The van der Waals surface area contributed by atoms with E-state index < -0.39 is 54.3 Å². The van der Waals surface area contributed by atoms with Crippen LogP contribution in [-0.4, -0.2) is 102 Å². The first-order valence-corrected chi connectivity index (χ1v) is 15.0. The summed E-state index contributed by atoms with van der Waals surface area (Å²) in [5.74, 6) is -4.34. The molecule has 3 N–H and O–H groups in total. The normalized spacial score (nSPS) is 23.4. The molecule has 10 nitrogen and oxygen atoms in total. The van der Waals surface area contributed by atoms with Crippen molar-refractivity contribution in [2.75, 3.05) is 46.4 Å². The maximum absolute atomic E-state index is 14.8. The lowest BCUT2D eigenvalue weighted by molar-refractivity contribution is -0.156. The number of amides is 1. The molecule has 14 heteroatoms. The monoisotopic (exact) mass is 620 g/mol. The van der Waals surface area contributed by atoms with Crippen LogP contribution in [0.15, 0.2) is 46.0 Å². The second-order valence-corrected chi connectivity index (χ2v) is 12.2. The topological polar surface area (TPSA) is 119 Å². The number of benzene rings is 1. The van der Waals surface area contributed by atoms with E-state index in [1.54, 1.807) is 48.3 Å². The number of rotatable bonds is 10. The fourth-order valence-corrected chi connectivity index (χ4v) is 6.50. The molecule has 43 heavy (non-hydrogen) atoms. The summed E-state index contributed by atoms with van der Waals surface area (Å²) in [6, 6.07) is 2.93. The standard InChI is InChI=1S/C29H35F3N6O4S/c1-4-42-26(39)22-21(35-24(25-33-10-11-43-25)36-23(22)19-6-5-7-20(30)17(19)2)13-38-16-29(31,32)12-18(38)8-9-34-27(40)28(41)14-37(3)15-28/h5-7,10-11,18,23,41H,4,8-9,12-16H2,1-3H3,(H,34,40)(H,35,36)/t18-,23-/m0/s1. The average molecular weight is 621 g/mol. The predicted molar refractivity (Wildman–Crippen MR) is 154 cm³/mol. The molecule has 5 rings (SSSR count). The maximum Gasteiger partial charge on any atom is 0.338 e. The Morgan fingerprint density at radius 2 is 2.05 bits per heavy atom. The molecule has 2 saturated heterocycles. The van der Waals surface area contributed by atoms with Gasteiger partial charge >= 0.3 is 5.97 Å². The summed E-state index contributed by atoms with van der Waals surface area (Å²) >= 11 is 1.31. The fourth-order valence-electron chi connectivity index (χ4n) is 5.91. The Bertz CT molecular complexity index is 1430. The fraction of sp³-hybridized carbons (Fsp3) is 0.517. The second kappa shape index (κ2) is 12.3. The molecule has 232 valence electrons. The summed E-state index contributed by atoms with van der Waals surface area (Å²) in [7, 11) is 1.78. The van der Waals surface area contributed by atoms with E-state index in [0.29, 0.717) is 27.7 Å². The van der Waals surface area contributed by atoms with Gasteiger partial charge in [0.05, 0.1) is 18.7 Å². The number of hydrogen-bond donors (Lipinski definition) is 3. The largest absolute Gasteiger partial charge is 0.463 e. The quantitative estimate of drug-likeness (QED) is 0.347. The van der Waals surface area contributed by atoms with E-state index in [-0.39, 0.29) is 44.8 Å². The molecule has 0 aliphatic carbocycles. The third-order valence-corrected chi connectivity index (χ3v) is 8.74. The third kappa shape index (κ3) is 6.61. The highest BCUT2D eigenvalue weighted by atomic mass is 32.1. The molecule has 2 aromatic rings. The number of amidine groups is 1. The number of ether oxygens (including phenoxy) is 1. The second-order valence-electron chi connectivity index (χ2n) is 11.3. The first-order valence-electron chi connectivity index (χ1n) is 14.1. The summed E-state index contributed by atoms with van der Waals surface area (Å²) in [4.78, 5) is 38.4. The van der Waals surface area contributed by atoms with Gasteiger partial charge in [0, 0.05) is 55.9 Å². The van der Waals surface area contributed by atoms with Gasteiger partial charge in [0.2, 0.25) is 0 Å². The van der Waals surface area contributed by atoms with Gasteiger partial charge in [-0.2, -0.15) is 0 Å². The van der Waals surface area contributed by atoms with Gasteiger partial charge in [0.25, 0.3) is 11.8 Å². The summed E-state index contributed by atoms with van der Waals surface area (Å²) in [5.41, 5.74) is -0.310. The van der Waals surface area contributed by atoms with Gasteiger partial charge in [-0.3, -0.25) is 19.6 Å². The lowest BCUT2D eigenvalue weighted by Gasteiger charge is -2.42. The number of nitrogens with zero attached hydrogens (tertiary/aromatic N) is 4. The molecule has 4 heterocycles. The number of aromatic nitrogens is 1. The van der Waals surface area contributed by atoms with Crippen LogP contribution in [0.5, 0.6) is 0 Å². The molecule has 3 aliphatic heterocycles. The number of halogens is 3. The van der Waals surface area contributed by atoms with Gasteiger partial charge in [0.15, 0.2) is 16.4 Å². The molecule has 0 radical (unpaired) electrons. The van der Waals surface area contributed by atoms with Crippen molar-refractivity contribution in [2.24, 2.45) is 4.99 Å². The first-order chi connectivity index (χ1) is 20.4. The van der Waals surface area contributed by atoms with Crippen molar-refractivity contribution >= 4 is 29.0 Å². The molecule has 0 bridgehead atoms. The SMILES string of the molecule is CCOC(=O)C1=C(CN2CC(F)(F)C[C@@H]2CCNC(=O)C2(O)CN(C)C2)NC(c2nccs2)=N[C@H]1c1cccc(F)c1C. The minimum Gasteiger partial charge on any atom is -0.463 e. The highest BCUT2D eigenvalue weighted by Gasteiger charge is 2.47. The number of likely N-dealkylation sites (N-methyl/N-ethyl adjacent to an activating group) is 1. The summed E-state index contributed by atoms with van der Waals surface area (Å²) in [6.07, 6.45) is 1.37. The van der Waals surface area contributed by atoms with Gasteiger partial charge in [-0.05, 0) is 44.5 Å². The lowest BCUT2D eigenvalue weighted by atomic mass is 9.92. The Morgan fingerprint density at radius 1 is 1.28 bits per heavy atom. The Labute approximate surface area is 251 Å². The summed E-state index contributed by atoms with van der Waals surface area (Å²) in [6.45, 7) is 3.19. The smallest absolute Gasteiger partial charge is 0.338 e. The highest BCUT2D eigenvalue weighted by molar-refractivity contribution is 7.11. The van der Waals surface area contributed by atoms with Crippen molar-refractivity contribution in [3.05, 3.63) is 63.0 Å². The van der Waals surface area contributed by atoms with Crippen molar-refractivity contribution < 1.29 is 32.6 Å². The van der Waals surface area contributed by atoms with Crippen LogP contribution in [-0.2, 0) is 14.3 Å². The highest BCUT2D eigenvalue weighted by Crippen LogP contribution is 2.38. The van der Waals surface area contributed by atoms with E-state index in [1.165, 1.54) is 23.5 Å². The van der Waals surface area contributed by atoms with Crippen molar-refractivity contribution in [1.82, 2.24) is 25.4 Å². The third-order valence-electron chi connectivity index (χ3n) is 7.96. The van der Waals surface area contributed by atoms with Gasteiger partial charge in [-0.1, -0.05) is 12.1 Å². The molecule has 1 aromatic heterocycles. The van der Waals surface area contributed by atoms with E-state index in [2.05, 4.69) is 15.6 Å². The van der Waals surface area contributed by atoms with E-state index in [9.17, 15) is 27.9 Å². The van der Waals surface area contributed by atoms with Gasteiger partial charge in [-0.25, -0.2) is 22.9 Å². The van der Waals surface area contributed by atoms with Crippen molar-refractivity contribution in [3.63, 3.8) is 0 Å². The molecule has 0 saturated carbocycles. The number of β-amino-alcohol motifs (C(OH)–C–C–N with tert-alkyl or cyclic N) is 1. The number of carbonyl (C=O) groups excluding carboxylic acids is 2. The van der Waals surface area contributed by atoms with Crippen LogP contribution < -0.4 is 10.6 Å². The van der Waals surface area contributed by atoms with Crippen LogP contribution in [0.1, 0.15) is 41.9 Å². The molecule has 0 spiro atoms. The average Bonchev–Trinajstić information content (AvgIpc) is 3.57. The van der Waals surface area contributed by atoms with Crippen molar-refractivity contribution in [1.29, 1.82) is 0 Å². The van der Waals surface area contributed by atoms with Crippen molar-refractivity contribution in [3.8, 4) is 0 Å². The van der Waals surface area contributed by atoms with E-state index in [0.717, 1.165) is 0 Å². The molecule has 0 unspecified atom stereocenters. The van der Waals surface area contributed by atoms with Crippen LogP contribution in [0.3, 0.4) is 0 Å². The number of likely N-dealkylation sites (tertiary alicyclic amines) is 2. The Balaban J connectivity index is 1.45. The van der Waals surface area contributed by atoms with Crippen LogP contribution in [0.25, 0.3) is 0 Å². The number of carbonyl (C=O) groups is 2. The summed E-state index contributed by atoms with van der Waals surface area (Å²) < 4.78 is 49.7. The van der Waals surface area contributed by atoms with E-state index in [1.807, 2.05) is 0 Å². The molecule has 3 aliphatic rings. The zero-order valence-electron chi connectivity index (χ0n) is 24.2. The van der Waals surface area contributed by atoms with Gasteiger partial charge in [-0.15, -0.1) is 11.3 Å². The number of aliphatic hydroxyl groups is 1. The first kappa shape index (κ1) is 31.1. The Morgan fingerprint density at radius 3 is 2.72 bits per heavy atom. The van der Waals surface area contributed by atoms with Crippen LogP contribution in [0.2, 0.25) is 0 Å². The predicted octanol–water partition coefficient (Wildman–Crippen LogP) is 2.39. The van der Waals surface area contributed by atoms with Gasteiger partial charge in [0.1, 0.15) is 11.9 Å². The molecule has 1 aromatic carbocycles. The number of hydrogen-bond acceptors (Lipinski definition) is 10. The maximum atomic E-state index is 14.8. The Hall–Kier alpha value is -3.33. The van der Waals surface area contributed by atoms with Crippen molar-refractivity contribution in [2.45, 2.75) is 50.3 Å². The molecular formula is C29H35F3N6O4S. The number of esters is 1. The van der Waals surface area contributed by atoms with Crippen LogP contribution >= 0.6 is 11.3 Å². The zero-order chi connectivity index (χ0) is 30.9.